The molecule has 1 aliphatic rings. The lowest BCUT2D eigenvalue weighted by atomic mass is 10.00. The van der Waals surface area contributed by atoms with Gasteiger partial charge in [0, 0.05) is 12.5 Å². The highest BCUT2D eigenvalue weighted by atomic mass is 16.5. The molecule has 92 valence electrons. The Kier molecular flexibility index (Phi) is 4.73. The summed E-state index contributed by atoms with van der Waals surface area (Å²) in [6, 6.07) is -0.464. The molecule has 16 heavy (non-hydrogen) atoms. The van der Waals surface area contributed by atoms with E-state index >= 15 is 0 Å². The van der Waals surface area contributed by atoms with Crippen LogP contribution in [-0.2, 0) is 14.3 Å². The Morgan fingerprint density at radius 2 is 2.19 bits per heavy atom. The summed E-state index contributed by atoms with van der Waals surface area (Å²) >= 11 is 0. The summed E-state index contributed by atoms with van der Waals surface area (Å²) in [5, 5.41) is 2.61. The molecule has 1 amide bonds. The Morgan fingerprint density at radius 3 is 2.69 bits per heavy atom. The lowest BCUT2D eigenvalue weighted by Crippen LogP contribution is -2.41. The number of methoxy groups -OCH3 is 1. The number of amides is 1. The van der Waals surface area contributed by atoms with Gasteiger partial charge in [-0.15, -0.1) is 0 Å². The third-order valence-corrected chi connectivity index (χ3v) is 3.10. The van der Waals surface area contributed by atoms with E-state index in [0.29, 0.717) is 6.42 Å². The normalized spacial score (nSPS) is 26.2. The summed E-state index contributed by atoms with van der Waals surface area (Å²) in [4.78, 5) is 22.7. The first-order chi connectivity index (χ1) is 7.54. The summed E-state index contributed by atoms with van der Waals surface area (Å²) in [5.74, 6) is -0.297. The molecule has 0 aromatic carbocycles. The molecule has 0 aromatic heterocycles. The van der Waals surface area contributed by atoms with Gasteiger partial charge in [0.15, 0.2) is 0 Å². The van der Waals surface area contributed by atoms with Crippen LogP contribution in [0.25, 0.3) is 0 Å². The van der Waals surface area contributed by atoms with Crippen molar-refractivity contribution in [3.63, 3.8) is 0 Å². The van der Waals surface area contributed by atoms with Gasteiger partial charge in [-0.1, -0.05) is 6.42 Å². The zero-order valence-electron chi connectivity index (χ0n) is 9.86. The number of nitrogens with two attached hydrogens (primary N) is 1. The average Bonchev–Trinajstić information content (AvgIpc) is 2.63. The van der Waals surface area contributed by atoms with E-state index in [1.165, 1.54) is 7.11 Å². The van der Waals surface area contributed by atoms with E-state index in [0.717, 1.165) is 19.3 Å². The van der Waals surface area contributed by atoms with Crippen molar-refractivity contribution in [3.8, 4) is 0 Å². The van der Waals surface area contributed by atoms with Gasteiger partial charge in [0.2, 0.25) is 5.91 Å². The van der Waals surface area contributed by atoms with Crippen molar-refractivity contribution in [2.45, 2.75) is 44.7 Å². The van der Waals surface area contributed by atoms with E-state index in [1.54, 1.807) is 6.92 Å². The largest absolute Gasteiger partial charge is 0.467 e. The SMILES string of the molecule is COC(=O)[C@H](C)NC(=O)C[C@@H]1CCC[C@H]1N. The molecular formula is C11H20N2O3. The van der Waals surface area contributed by atoms with E-state index in [9.17, 15) is 9.59 Å². The molecule has 1 aliphatic carbocycles. The second-order valence-electron chi connectivity index (χ2n) is 4.37. The van der Waals surface area contributed by atoms with Crippen LogP contribution < -0.4 is 11.1 Å². The van der Waals surface area contributed by atoms with Crippen LogP contribution in [-0.4, -0.2) is 31.1 Å². The van der Waals surface area contributed by atoms with Crippen LogP contribution in [0.1, 0.15) is 32.6 Å². The molecule has 5 nitrogen and oxygen atoms in total. The van der Waals surface area contributed by atoms with Crippen LogP contribution >= 0.6 is 0 Å². The highest BCUT2D eigenvalue weighted by Crippen LogP contribution is 2.26. The first-order valence-corrected chi connectivity index (χ1v) is 5.67. The summed E-state index contributed by atoms with van der Waals surface area (Å²) in [5.41, 5.74) is 5.87. The summed E-state index contributed by atoms with van der Waals surface area (Å²) in [6.45, 7) is 1.61. The lowest BCUT2D eigenvalue weighted by Gasteiger charge is -2.16. The van der Waals surface area contributed by atoms with E-state index in [4.69, 9.17) is 5.73 Å². The number of ether oxygens (including phenoxy) is 1. The van der Waals surface area contributed by atoms with Crippen molar-refractivity contribution in [3.05, 3.63) is 0 Å². The van der Waals surface area contributed by atoms with Crippen LogP contribution in [0.4, 0.5) is 0 Å². The number of hydrogen-bond donors (Lipinski definition) is 2. The van der Waals surface area contributed by atoms with Gasteiger partial charge in [-0.25, -0.2) is 4.79 Å². The summed E-state index contributed by atoms with van der Waals surface area (Å²) < 4.78 is 4.53. The number of nitrogens with one attached hydrogen (secondary N) is 1. The molecule has 1 rings (SSSR count). The quantitative estimate of drug-likeness (QED) is 0.673. The standard InChI is InChI=1S/C11H20N2O3/c1-7(11(15)16-2)13-10(14)6-8-4-3-5-9(8)12/h7-9H,3-6,12H2,1-2H3,(H,13,14)/t7-,8-,9+/m0/s1. The monoisotopic (exact) mass is 228 g/mol. The molecule has 3 N–H and O–H groups in total. The molecule has 0 aromatic rings. The van der Waals surface area contributed by atoms with Gasteiger partial charge < -0.3 is 15.8 Å². The highest BCUT2D eigenvalue weighted by molar-refractivity contribution is 5.84. The highest BCUT2D eigenvalue weighted by Gasteiger charge is 2.27. The fraction of sp³-hybridized carbons (Fsp3) is 0.818. The number of rotatable bonds is 4. The second kappa shape index (κ2) is 5.84. The number of esters is 1. The molecule has 0 radical (unpaired) electrons. The van der Waals surface area contributed by atoms with Crippen LogP contribution in [0.2, 0.25) is 0 Å². The van der Waals surface area contributed by atoms with E-state index in [2.05, 4.69) is 10.1 Å². The molecule has 0 aliphatic heterocycles. The van der Waals surface area contributed by atoms with Crippen LogP contribution in [0.5, 0.6) is 0 Å². The number of carbonyl (C=O) groups excluding carboxylic acids is 2. The van der Waals surface area contributed by atoms with Gasteiger partial charge in [-0.05, 0) is 25.7 Å². The lowest BCUT2D eigenvalue weighted by molar-refractivity contribution is -0.144. The van der Waals surface area contributed by atoms with Gasteiger partial charge in [-0.3, -0.25) is 4.79 Å². The molecule has 1 saturated carbocycles. The zero-order valence-corrected chi connectivity index (χ0v) is 9.86. The molecule has 0 heterocycles. The third-order valence-electron chi connectivity index (χ3n) is 3.10. The van der Waals surface area contributed by atoms with Gasteiger partial charge >= 0.3 is 5.97 Å². The molecule has 0 saturated heterocycles. The topological polar surface area (TPSA) is 81.4 Å². The van der Waals surface area contributed by atoms with Crippen LogP contribution in [0, 0.1) is 5.92 Å². The number of hydrogen-bond acceptors (Lipinski definition) is 4. The van der Waals surface area contributed by atoms with E-state index < -0.39 is 12.0 Å². The summed E-state index contributed by atoms with van der Waals surface area (Å²) in [6.07, 6.45) is 3.49. The maximum atomic E-state index is 11.6. The molecular weight excluding hydrogens is 208 g/mol. The smallest absolute Gasteiger partial charge is 0.328 e. The minimum Gasteiger partial charge on any atom is -0.467 e. The summed E-state index contributed by atoms with van der Waals surface area (Å²) in [7, 11) is 1.30. The maximum absolute atomic E-state index is 11.6. The fourth-order valence-electron chi connectivity index (χ4n) is 2.09. The third kappa shape index (κ3) is 3.48. The first kappa shape index (κ1) is 13.0. The average molecular weight is 228 g/mol. The Hall–Kier alpha value is -1.10. The number of carbonyl (C=O) groups is 2. The molecule has 0 unspecified atom stereocenters. The Bertz CT molecular complexity index is 268. The van der Waals surface area contributed by atoms with Crippen molar-refractivity contribution in [1.82, 2.24) is 5.32 Å². The van der Waals surface area contributed by atoms with Crippen molar-refractivity contribution < 1.29 is 14.3 Å². The van der Waals surface area contributed by atoms with E-state index in [-0.39, 0.29) is 17.9 Å². The Balaban J connectivity index is 2.32. The Labute approximate surface area is 95.7 Å². The van der Waals surface area contributed by atoms with E-state index in [1.807, 2.05) is 0 Å². The van der Waals surface area contributed by atoms with Gasteiger partial charge in [0.25, 0.3) is 0 Å². The van der Waals surface area contributed by atoms with Crippen molar-refractivity contribution in [2.24, 2.45) is 11.7 Å². The maximum Gasteiger partial charge on any atom is 0.328 e. The van der Waals surface area contributed by atoms with Gasteiger partial charge in [-0.2, -0.15) is 0 Å². The first-order valence-electron chi connectivity index (χ1n) is 5.67. The van der Waals surface area contributed by atoms with Gasteiger partial charge in [0.1, 0.15) is 6.04 Å². The predicted octanol–water partition coefficient (Wildman–Crippen LogP) is 0.182. The van der Waals surface area contributed by atoms with Gasteiger partial charge in [0.05, 0.1) is 7.11 Å². The molecule has 3 atom stereocenters. The van der Waals surface area contributed by atoms with Crippen molar-refractivity contribution in [2.75, 3.05) is 7.11 Å². The predicted molar refractivity (Wildman–Crippen MR) is 59.6 cm³/mol. The molecule has 5 heteroatoms. The zero-order chi connectivity index (χ0) is 12.1. The minimum atomic E-state index is -0.588. The molecule has 0 spiro atoms. The molecule has 1 fully saturated rings. The van der Waals surface area contributed by atoms with Crippen LogP contribution in [0.3, 0.4) is 0 Å². The minimum absolute atomic E-state index is 0.124. The fourth-order valence-corrected chi connectivity index (χ4v) is 2.09. The van der Waals surface area contributed by atoms with Crippen molar-refractivity contribution >= 4 is 11.9 Å². The molecule has 0 bridgehead atoms. The van der Waals surface area contributed by atoms with Crippen LogP contribution in [0.15, 0.2) is 0 Å². The Morgan fingerprint density at radius 1 is 1.50 bits per heavy atom. The second-order valence-corrected chi connectivity index (χ2v) is 4.37. The van der Waals surface area contributed by atoms with Crippen molar-refractivity contribution in [1.29, 1.82) is 0 Å².